The molecule has 0 saturated carbocycles. The Morgan fingerprint density at radius 3 is 2.63 bits per heavy atom. The second-order valence-electron chi connectivity index (χ2n) is 4.12. The van der Waals surface area contributed by atoms with Crippen molar-refractivity contribution in [1.82, 2.24) is 25.1 Å². The molecule has 2 rings (SSSR count). The van der Waals surface area contributed by atoms with Crippen LogP contribution < -0.4 is 11.3 Å². The van der Waals surface area contributed by atoms with E-state index in [0.29, 0.717) is 11.0 Å². The summed E-state index contributed by atoms with van der Waals surface area (Å²) in [5, 5.41) is 8.38. The molecule has 0 aliphatic carbocycles. The van der Waals surface area contributed by atoms with Crippen LogP contribution in [0, 0.1) is 13.8 Å². The molecule has 4 N–H and O–H groups in total. The summed E-state index contributed by atoms with van der Waals surface area (Å²) in [7, 11) is 0. The fraction of sp³-hybridized carbons (Fsp3) is 0.455. The van der Waals surface area contributed by atoms with E-state index in [4.69, 9.17) is 5.84 Å². The Hall–Kier alpha value is -1.67. The van der Waals surface area contributed by atoms with E-state index in [0.717, 1.165) is 35.1 Å². The van der Waals surface area contributed by atoms with Crippen LogP contribution in [-0.4, -0.2) is 25.1 Å². The highest BCUT2D eigenvalue weighted by Gasteiger charge is 2.13. The van der Waals surface area contributed by atoms with Crippen LogP contribution in [0.4, 0.5) is 5.82 Å². The normalized spacial score (nSPS) is 10.7. The highest BCUT2D eigenvalue weighted by atomic mass is 32.2. The number of nitrogens with zero attached hydrogens (tertiary/aromatic N) is 4. The number of aryl methyl sites for hydroxylation is 2. The molecule has 0 bridgehead atoms. The predicted molar refractivity (Wildman–Crippen MR) is 73.8 cm³/mol. The number of nitrogen functional groups attached to an aromatic ring is 1. The monoisotopic (exact) mass is 279 g/mol. The first-order valence-electron chi connectivity index (χ1n) is 6.05. The van der Waals surface area contributed by atoms with Gasteiger partial charge < -0.3 is 5.43 Å². The molecule has 0 unspecified atom stereocenters. The van der Waals surface area contributed by atoms with Crippen LogP contribution in [-0.2, 0) is 6.42 Å². The molecule has 0 spiro atoms. The van der Waals surface area contributed by atoms with Gasteiger partial charge in [-0.15, -0.1) is 5.10 Å². The molecule has 0 atom stereocenters. The number of hydrazine groups is 1. The third kappa shape index (κ3) is 3.21. The zero-order chi connectivity index (χ0) is 13.8. The van der Waals surface area contributed by atoms with E-state index in [1.165, 1.54) is 11.8 Å². The van der Waals surface area contributed by atoms with Gasteiger partial charge in [-0.1, -0.05) is 6.92 Å². The number of hydrogen-bond donors (Lipinski definition) is 3. The number of rotatable bonds is 5. The highest BCUT2D eigenvalue weighted by Crippen LogP contribution is 2.29. The molecule has 7 nitrogen and oxygen atoms in total. The molecule has 0 aliphatic heterocycles. The third-order valence-electron chi connectivity index (χ3n) is 2.52. The summed E-state index contributed by atoms with van der Waals surface area (Å²) in [4.78, 5) is 13.2. The summed E-state index contributed by atoms with van der Waals surface area (Å²) >= 11 is 1.40. The van der Waals surface area contributed by atoms with Crippen molar-refractivity contribution in [1.29, 1.82) is 0 Å². The average molecular weight is 279 g/mol. The Kier molecular flexibility index (Phi) is 4.33. The van der Waals surface area contributed by atoms with Crippen LogP contribution in [0.5, 0.6) is 0 Å². The molecule has 2 aromatic heterocycles. The van der Waals surface area contributed by atoms with Crippen molar-refractivity contribution in [3.05, 3.63) is 17.2 Å². The standard InChI is InChI=1S/C11H17N7S/c1-4-5-8-14-9(16-12)6(2)10(15-8)19-11-13-7(3)17-18-11/h4-5,12H2,1-3H3,(H,13,17,18)(H,14,15,16). The molecule has 0 radical (unpaired) electrons. The maximum Gasteiger partial charge on any atom is 0.214 e. The largest absolute Gasteiger partial charge is 0.308 e. The zero-order valence-electron chi connectivity index (χ0n) is 11.2. The Morgan fingerprint density at radius 1 is 1.26 bits per heavy atom. The summed E-state index contributed by atoms with van der Waals surface area (Å²) in [5.74, 6) is 7.69. The fourth-order valence-corrected chi connectivity index (χ4v) is 2.42. The van der Waals surface area contributed by atoms with Crippen LogP contribution in [0.3, 0.4) is 0 Å². The van der Waals surface area contributed by atoms with Gasteiger partial charge in [-0.2, -0.15) is 0 Å². The molecule has 102 valence electrons. The number of anilines is 1. The fourth-order valence-electron chi connectivity index (χ4n) is 1.57. The lowest BCUT2D eigenvalue weighted by Crippen LogP contribution is -2.13. The maximum atomic E-state index is 5.50. The number of hydrogen-bond acceptors (Lipinski definition) is 7. The molecule has 19 heavy (non-hydrogen) atoms. The smallest absolute Gasteiger partial charge is 0.214 e. The van der Waals surface area contributed by atoms with Crippen LogP contribution in [0.1, 0.15) is 30.6 Å². The van der Waals surface area contributed by atoms with Gasteiger partial charge in [-0.25, -0.2) is 20.8 Å². The minimum atomic E-state index is 0.643. The van der Waals surface area contributed by atoms with Crippen molar-refractivity contribution >= 4 is 17.6 Å². The van der Waals surface area contributed by atoms with Gasteiger partial charge in [0.25, 0.3) is 0 Å². The lowest BCUT2D eigenvalue weighted by atomic mass is 10.3. The molecule has 0 aliphatic rings. The van der Waals surface area contributed by atoms with Crippen LogP contribution in [0.2, 0.25) is 0 Å². The Labute approximate surface area is 115 Å². The lowest BCUT2D eigenvalue weighted by Gasteiger charge is -2.10. The van der Waals surface area contributed by atoms with Gasteiger partial charge in [0.1, 0.15) is 22.5 Å². The number of aromatic nitrogens is 5. The van der Waals surface area contributed by atoms with E-state index >= 15 is 0 Å². The number of aromatic amines is 1. The Morgan fingerprint density at radius 2 is 2.05 bits per heavy atom. The first-order chi connectivity index (χ1) is 9.13. The van der Waals surface area contributed by atoms with Crippen molar-refractivity contribution in [3.8, 4) is 0 Å². The molecule has 0 saturated heterocycles. The molecular weight excluding hydrogens is 262 g/mol. The molecule has 0 fully saturated rings. The zero-order valence-corrected chi connectivity index (χ0v) is 12.0. The van der Waals surface area contributed by atoms with E-state index < -0.39 is 0 Å². The van der Waals surface area contributed by atoms with Gasteiger partial charge in [0.05, 0.1) is 0 Å². The molecule has 2 heterocycles. The van der Waals surface area contributed by atoms with E-state index in [1.54, 1.807) is 0 Å². The Balaban J connectivity index is 2.34. The first kappa shape index (κ1) is 13.8. The van der Waals surface area contributed by atoms with Gasteiger partial charge >= 0.3 is 0 Å². The second kappa shape index (κ2) is 5.98. The number of nitrogens with one attached hydrogen (secondary N) is 2. The minimum Gasteiger partial charge on any atom is -0.308 e. The summed E-state index contributed by atoms with van der Waals surface area (Å²) in [6.07, 6.45) is 1.80. The SMILES string of the molecule is CCCc1nc(NN)c(C)c(Sc2n[nH]c(C)n2)n1. The van der Waals surface area contributed by atoms with E-state index in [1.807, 2.05) is 13.8 Å². The number of H-pyrrole nitrogens is 1. The van der Waals surface area contributed by atoms with Crippen molar-refractivity contribution in [3.63, 3.8) is 0 Å². The molecule has 2 aromatic rings. The molecule has 8 heteroatoms. The van der Waals surface area contributed by atoms with Crippen molar-refractivity contribution in [2.75, 3.05) is 5.43 Å². The first-order valence-corrected chi connectivity index (χ1v) is 6.86. The quantitative estimate of drug-likeness (QED) is 0.433. The highest BCUT2D eigenvalue weighted by molar-refractivity contribution is 7.99. The van der Waals surface area contributed by atoms with E-state index in [2.05, 4.69) is 37.5 Å². The molecular formula is C11H17N7S. The average Bonchev–Trinajstić information content (AvgIpc) is 2.79. The topological polar surface area (TPSA) is 105 Å². The van der Waals surface area contributed by atoms with Crippen LogP contribution in [0.15, 0.2) is 10.2 Å². The van der Waals surface area contributed by atoms with Crippen LogP contribution >= 0.6 is 11.8 Å². The summed E-state index contributed by atoms with van der Waals surface area (Å²) in [6.45, 7) is 5.87. The summed E-state index contributed by atoms with van der Waals surface area (Å²) in [6, 6.07) is 0. The van der Waals surface area contributed by atoms with E-state index in [9.17, 15) is 0 Å². The maximum absolute atomic E-state index is 5.50. The number of nitrogens with two attached hydrogens (primary N) is 1. The molecule has 0 amide bonds. The van der Waals surface area contributed by atoms with Crippen LogP contribution in [0.25, 0.3) is 0 Å². The van der Waals surface area contributed by atoms with Gasteiger partial charge in [-0.05, 0) is 32.0 Å². The van der Waals surface area contributed by atoms with E-state index in [-0.39, 0.29) is 0 Å². The van der Waals surface area contributed by atoms with Crippen molar-refractivity contribution < 1.29 is 0 Å². The molecule has 0 aromatic carbocycles. The summed E-state index contributed by atoms with van der Waals surface area (Å²) < 4.78 is 0. The second-order valence-corrected chi connectivity index (χ2v) is 5.07. The van der Waals surface area contributed by atoms with Crippen molar-refractivity contribution in [2.24, 2.45) is 5.84 Å². The minimum absolute atomic E-state index is 0.643. The third-order valence-corrected chi connectivity index (χ3v) is 3.48. The van der Waals surface area contributed by atoms with Gasteiger partial charge in [-0.3, -0.25) is 5.10 Å². The summed E-state index contributed by atoms with van der Waals surface area (Å²) in [5.41, 5.74) is 3.51. The van der Waals surface area contributed by atoms with Crippen molar-refractivity contribution in [2.45, 2.75) is 43.8 Å². The lowest BCUT2D eigenvalue weighted by molar-refractivity contribution is 0.801. The van der Waals surface area contributed by atoms with Gasteiger partial charge in [0.2, 0.25) is 5.16 Å². The van der Waals surface area contributed by atoms with Gasteiger partial charge in [0.15, 0.2) is 0 Å². The predicted octanol–water partition coefficient (Wildman–Crippen LogP) is 1.60. The van der Waals surface area contributed by atoms with Gasteiger partial charge in [0, 0.05) is 12.0 Å². The Bertz CT molecular complexity index is 566.